The molecule has 2 saturated heterocycles. The molecule has 11 heteroatoms. The minimum absolute atomic E-state index is 0.0872. The van der Waals surface area contributed by atoms with E-state index in [4.69, 9.17) is 5.26 Å². The van der Waals surface area contributed by atoms with Crippen LogP contribution in [0, 0.1) is 22.7 Å². The maximum Gasteiger partial charge on any atom is 0.417 e. The Balaban J connectivity index is 1.39. The van der Waals surface area contributed by atoms with Crippen LogP contribution in [0.1, 0.15) is 47.4 Å². The maximum absolute atomic E-state index is 13.6. The van der Waals surface area contributed by atoms with Crippen LogP contribution in [-0.2, 0) is 11.0 Å². The minimum atomic E-state index is -4.66. The number of anilines is 1. The van der Waals surface area contributed by atoms with Crippen LogP contribution in [0.3, 0.4) is 0 Å². The van der Waals surface area contributed by atoms with Gasteiger partial charge >= 0.3 is 6.18 Å². The minimum Gasteiger partial charge on any atom is -0.370 e. The number of benzene rings is 1. The number of carbonyl (C=O) groups is 2. The molecule has 1 atom stereocenters. The van der Waals surface area contributed by atoms with Gasteiger partial charge in [0.25, 0.3) is 5.91 Å². The molecule has 3 aliphatic rings. The van der Waals surface area contributed by atoms with Gasteiger partial charge in [-0.3, -0.25) is 9.59 Å². The molecule has 0 bridgehead atoms. The van der Waals surface area contributed by atoms with E-state index >= 15 is 0 Å². The molecule has 36 heavy (non-hydrogen) atoms. The zero-order valence-corrected chi connectivity index (χ0v) is 19.5. The molecule has 1 aromatic heterocycles. The van der Waals surface area contributed by atoms with E-state index in [0.717, 1.165) is 18.9 Å². The molecule has 2 aromatic rings. The number of aromatic nitrogens is 2. The summed E-state index contributed by atoms with van der Waals surface area (Å²) in [4.78, 5) is 37.6. The lowest BCUT2D eigenvalue weighted by atomic mass is 9.70. The average Bonchev–Trinajstić information content (AvgIpc) is 3.62. The summed E-state index contributed by atoms with van der Waals surface area (Å²) in [6, 6.07) is 7.09. The van der Waals surface area contributed by atoms with E-state index < -0.39 is 28.6 Å². The summed E-state index contributed by atoms with van der Waals surface area (Å²) in [5.41, 5.74) is -1.57. The molecule has 1 aromatic carbocycles. The largest absolute Gasteiger partial charge is 0.417 e. The van der Waals surface area contributed by atoms with Gasteiger partial charge in [0.1, 0.15) is 0 Å². The second-order valence-corrected chi connectivity index (χ2v) is 9.78. The molecule has 3 fully saturated rings. The Morgan fingerprint density at radius 3 is 2.44 bits per heavy atom. The molecule has 3 heterocycles. The van der Waals surface area contributed by atoms with Crippen LogP contribution in [-0.4, -0.2) is 58.9 Å². The van der Waals surface area contributed by atoms with Gasteiger partial charge in [0.15, 0.2) is 0 Å². The monoisotopic (exact) mass is 498 g/mol. The van der Waals surface area contributed by atoms with Gasteiger partial charge < -0.3 is 15.1 Å². The van der Waals surface area contributed by atoms with Gasteiger partial charge in [-0.05, 0) is 49.9 Å². The highest BCUT2D eigenvalue weighted by Gasteiger charge is 2.52. The SMILES string of the molecule is N#Cc1ccc(N2CC(C(=O)NC3CC3)C3(CCN(C(=O)c4ncccn4)CC3)C2)cc1C(F)(F)F. The van der Waals surface area contributed by atoms with Crippen molar-refractivity contribution in [2.45, 2.75) is 37.9 Å². The van der Waals surface area contributed by atoms with Crippen LogP contribution in [0.5, 0.6) is 0 Å². The van der Waals surface area contributed by atoms with Crippen LogP contribution >= 0.6 is 0 Å². The van der Waals surface area contributed by atoms with E-state index in [2.05, 4.69) is 15.3 Å². The first-order valence-electron chi connectivity index (χ1n) is 11.9. The summed E-state index contributed by atoms with van der Waals surface area (Å²) in [7, 11) is 0. The zero-order valence-electron chi connectivity index (χ0n) is 19.5. The Bertz CT molecular complexity index is 1200. The van der Waals surface area contributed by atoms with Crippen molar-refractivity contribution in [3.63, 3.8) is 0 Å². The van der Waals surface area contributed by atoms with Crippen molar-refractivity contribution in [1.82, 2.24) is 20.2 Å². The number of carbonyl (C=O) groups excluding carboxylic acids is 2. The van der Waals surface area contributed by atoms with Crippen LogP contribution in [0.4, 0.5) is 18.9 Å². The van der Waals surface area contributed by atoms with Crippen molar-refractivity contribution in [3.8, 4) is 6.07 Å². The topological polar surface area (TPSA) is 102 Å². The van der Waals surface area contributed by atoms with Gasteiger partial charge in [-0.1, -0.05) is 0 Å². The Labute approximate surface area is 206 Å². The number of nitriles is 1. The third kappa shape index (κ3) is 4.59. The average molecular weight is 499 g/mol. The van der Waals surface area contributed by atoms with E-state index in [1.807, 2.05) is 4.90 Å². The fourth-order valence-electron chi connectivity index (χ4n) is 5.33. The first-order valence-corrected chi connectivity index (χ1v) is 11.9. The van der Waals surface area contributed by atoms with Crippen LogP contribution in [0.2, 0.25) is 0 Å². The summed E-state index contributed by atoms with van der Waals surface area (Å²) in [5, 5.41) is 12.2. The molecule has 1 saturated carbocycles. The summed E-state index contributed by atoms with van der Waals surface area (Å²) < 4.78 is 40.7. The smallest absolute Gasteiger partial charge is 0.370 e. The number of halogens is 3. The molecule has 8 nitrogen and oxygen atoms in total. The molecule has 2 amide bonds. The van der Waals surface area contributed by atoms with Crippen molar-refractivity contribution in [2.75, 3.05) is 31.1 Å². The van der Waals surface area contributed by atoms with E-state index in [9.17, 15) is 22.8 Å². The second kappa shape index (κ2) is 9.08. The summed E-state index contributed by atoms with van der Waals surface area (Å²) >= 11 is 0. The molecule has 1 spiro atoms. The van der Waals surface area contributed by atoms with Crippen LogP contribution in [0.15, 0.2) is 36.7 Å². The number of hydrogen-bond donors (Lipinski definition) is 1. The quantitative estimate of drug-likeness (QED) is 0.696. The summed E-state index contributed by atoms with van der Waals surface area (Å²) in [6.07, 6.45) is 1.28. The fourth-order valence-corrected chi connectivity index (χ4v) is 5.33. The number of hydrogen-bond acceptors (Lipinski definition) is 6. The third-order valence-electron chi connectivity index (χ3n) is 7.49. The van der Waals surface area contributed by atoms with Gasteiger partial charge in [0, 0.05) is 55.7 Å². The molecule has 1 unspecified atom stereocenters. The molecular formula is C25H25F3N6O2. The van der Waals surface area contributed by atoms with Gasteiger partial charge in [-0.15, -0.1) is 0 Å². The predicted octanol–water partition coefficient (Wildman–Crippen LogP) is 3.00. The molecule has 1 aliphatic carbocycles. The number of amides is 2. The number of likely N-dealkylation sites (tertiary alicyclic amines) is 1. The van der Waals surface area contributed by atoms with Crippen LogP contribution < -0.4 is 10.2 Å². The van der Waals surface area contributed by atoms with E-state index in [-0.39, 0.29) is 30.2 Å². The molecule has 5 rings (SSSR count). The lowest BCUT2D eigenvalue weighted by Gasteiger charge is -2.41. The molecule has 0 radical (unpaired) electrons. The zero-order chi connectivity index (χ0) is 25.5. The van der Waals surface area contributed by atoms with Gasteiger partial charge in [-0.25, -0.2) is 9.97 Å². The number of nitrogens with zero attached hydrogens (tertiary/aromatic N) is 5. The fraction of sp³-hybridized carbons (Fsp3) is 0.480. The lowest BCUT2D eigenvalue weighted by molar-refractivity contribution is -0.137. The van der Waals surface area contributed by atoms with E-state index in [1.165, 1.54) is 24.5 Å². The normalized spacial score (nSPS) is 21.3. The van der Waals surface area contributed by atoms with Crippen molar-refractivity contribution >= 4 is 17.5 Å². The Hall–Kier alpha value is -3.68. The highest BCUT2D eigenvalue weighted by Crippen LogP contribution is 2.47. The Morgan fingerprint density at radius 2 is 1.83 bits per heavy atom. The summed E-state index contributed by atoms with van der Waals surface area (Å²) in [6.45, 7) is 1.47. The summed E-state index contributed by atoms with van der Waals surface area (Å²) in [5.74, 6) is -0.674. The first-order chi connectivity index (χ1) is 17.2. The van der Waals surface area contributed by atoms with Gasteiger partial charge in [0.05, 0.1) is 23.1 Å². The molecule has 188 valence electrons. The highest BCUT2D eigenvalue weighted by molar-refractivity contribution is 5.90. The lowest BCUT2D eigenvalue weighted by Crippen LogP contribution is -2.50. The third-order valence-corrected chi connectivity index (χ3v) is 7.49. The predicted molar refractivity (Wildman–Crippen MR) is 123 cm³/mol. The van der Waals surface area contributed by atoms with Crippen molar-refractivity contribution in [3.05, 3.63) is 53.6 Å². The number of rotatable bonds is 4. The van der Waals surface area contributed by atoms with Crippen molar-refractivity contribution in [2.24, 2.45) is 11.3 Å². The van der Waals surface area contributed by atoms with Gasteiger partial charge in [-0.2, -0.15) is 18.4 Å². The van der Waals surface area contributed by atoms with Crippen molar-refractivity contribution < 1.29 is 22.8 Å². The molecular weight excluding hydrogens is 473 g/mol. The number of piperidine rings is 1. The Kier molecular flexibility index (Phi) is 6.06. The number of nitrogens with one attached hydrogen (secondary N) is 1. The molecule has 1 N–H and O–H groups in total. The van der Waals surface area contributed by atoms with E-state index in [1.54, 1.807) is 17.0 Å². The van der Waals surface area contributed by atoms with E-state index in [0.29, 0.717) is 38.2 Å². The Morgan fingerprint density at radius 1 is 1.14 bits per heavy atom. The molecule has 2 aliphatic heterocycles. The first kappa shape index (κ1) is 24.0. The second-order valence-electron chi connectivity index (χ2n) is 9.78. The van der Waals surface area contributed by atoms with Gasteiger partial charge in [0.2, 0.25) is 11.7 Å². The van der Waals surface area contributed by atoms with Crippen LogP contribution in [0.25, 0.3) is 0 Å². The van der Waals surface area contributed by atoms with Crippen molar-refractivity contribution in [1.29, 1.82) is 5.26 Å². The highest BCUT2D eigenvalue weighted by atomic mass is 19.4. The maximum atomic E-state index is 13.6. The standard InChI is InChI=1S/C25H25F3N6O2/c26-25(27,28)19-12-18(5-2-16(19)13-29)34-14-20(22(35)32-17-3-4-17)24(15-34)6-10-33(11-7-24)23(36)21-30-8-1-9-31-21/h1-2,5,8-9,12,17,20H,3-4,6-7,10-11,14-15H2,(H,32,35). The number of alkyl halides is 3.